The molecule has 0 bridgehead atoms. The molecule has 2 heteroatoms. The number of rotatable bonds is 4. The molecule has 1 heterocycles. The molecule has 0 spiro atoms. The van der Waals surface area contributed by atoms with Gasteiger partial charge < -0.3 is 4.57 Å². The highest BCUT2D eigenvalue weighted by atomic mass is 19.1. The van der Waals surface area contributed by atoms with Gasteiger partial charge in [-0.3, -0.25) is 0 Å². The van der Waals surface area contributed by atoms with E-state index in [2.05, 4.69) is 55.7 Å². The van der Waals surface area contributed by atoms with Gasteiger partial charge in [0.25, 0.3) is 0 Å². The zero-order valence-electron chi connectivity index (χ0n) is 13.9. The first kappa shape index (κ1) is 15.5. The Morgan fingerprint density at radius 3 is 2.13 bits per heavy atom. The van der Waals surface area contributed by atoms with Crippen LogP contribution in [0.2, 0.25) is 0 Å². The van der Waals surface area contributed by atoms with Gasteiger partial charge in [0.05, 0.1) is 5.69 Å². The lowest BCUT2D eigenvalue weighted by molar-refractivity contribution is 0.628. The van der Waals surface area contributed by atoms with E-state index in [0.29, 0.717) is 5.92 Å². The third kappa shape index (κ3) is 2.94. The molecule has 1 aromatic heterocycles. The lowest BCUT2D eigenvalue weighted by atomic mass is 10.0. The lowest BCUT2D eigenvalue weighted by Crippen LogP contribution is -2.04. The Morgan fingerprint density at radius 1 is 0.913 bits per heavy atom. The Labute approximate surface area is 137 Å². The Balaban J connectivity index is 2.28. The van der Waals surface area contributed by atoms with Gasteiger partial charge in [0.15, 0.2) is 0 Å². The normalized spacial score (nSPS) is 11.2. The average molecular weight is 307 g/mol. The molecular formula is C21H22FN. The number of hydrogen-bond acceptors (Lipinski definition) is 0. The van der Waals surface area contributed by atoms with Crippen LogP contribution in [0.25, 0.3) is 22.4 Å². The number of benzene rings is 2. The molecule has 3 aromatic rings. The summed E-state index contributed by atoms with van der Waals surface area (Å²) in [4.78, 5) is 0. The van der Waals surface area contributed by atoms with Crippen molar-refractivity contribution in [3.8, 4) is 22.4 Å². The number of aromatic nitrogens is 1. The molecule has 0 amide bonds. The average Bonchev–Trinajstić information content (AvgIpc) is 2.96. The molecule has 3 rings (SSSR count). The third-order valence-corrected chi connectivity index (χ3v) is 4.24. The first-order chi connectivity index (χ1) is 11.1. The zero-order chi connectivity index (χ0) is 16.4. The highest BCUT2D eigenvalue weighted by Crippen LogP contribution is 2.37. The minimum atomic E-state index is -0.200. The standard InChI is InChI=1S/C21H22FN/c1-4-23-20(15(2)3)14-19(16-10-12-18(22)13-11-16)21(23)17-8-6-5-7-9-17/h5-15H,4H2,1-3H3. The summed E-state index contributed by atoms with van der Waals surface area (Å²) in [5.41, 5.74) is 5.94. The minimum Gasteiger partial charge on any atom is -0.344 e. The Hall–Kier alpha value is -2.35. The molecule has 0 saturated carbocycles. The minimum absolute atomic E-state index is 0.200. The molecule has 0 saturated heterocycles. The van der Waals surface area contributed by atoms with Crippen molar-refractivity contribution in [3.63, 3.8) is 0 Å². The third-order valence-electron chi connectivity index (χ3n) is 4.24. The molecule has 0 aliphatic rings. The summed E-state index contributed by atoms with van der Waals surface area (Å²) in [6, 6.07) is 19.5. The van der Waals surface area contributed by atoms with Gasteiger partial charge in [0.2, 0.25) is 0 Å². The molecule has 0 atom stereocenters. The highest BCUT2D eigenvalue weighted by Gasteiger charge is 2.18. The lowest BCUT2D eigenvalue weighted by Gasteiger charge is -2.14. The molecule has 0 radical (unpaired) electrons. The van der Waals surface area contributed by atoms with Crippen LogP contribution in [-0.4, -0.2) is 4.57 Å². The van der Waals surface area contributed by atoms with Crippen LogP contribution in [0.4, 0.5) is 4.39 Å². The molecule has 1 nitrogen and oxygen atoms in total. The summed E-state index contributed by atoms with van der Waals surface area (Å²) in [6.45, 7) is 7.51. The second-order valence-electron chi connectivity index (χ2n) is 6.10. The molecule has 0 fully saturated rings. The molecular weight excluding hydrogens is 285 g/mol. The summed E-state index contributed by atoms with van der Waals surface area (Å²) < 4.78 is 15.7. The van der Waals surface area contributed by atoms with Crippen LogP contribution in [0, 0.1) is 5.82 Å². The Bertz CT molecular complexity index is 783. The molecule has 2 aromatic carbocycles. The fourth-order valence-electron chi connectivity index (χ4n) is 3.14. The van der Waals surface area contributed by atoms with Crippen molar-refractivity contribution in [3.05, 3.63) is 72.2 Å². The quantitative estimate of drug-likeness (QED) is 0.548. The van der Waals surface area contributed by atoms with Crippen molar-refractivity contribution < 1.29 is 4.39 Å². The van der Waals surface area contributed by atoms with E-state index in [1.54, 1.807) is 0 Å². The molecule has 0 N–H and O–H groups in total. The monoisotopic (exact) mass is 307 g/mol. The molecule has 0 aliphatic carbocycles. The second kappa shape index (κ2) is 6.41. The van der Waals surface area contributed by atoms with Gasteiger partial charge in [-0.05, 0) is 42.2 Å². The van der Waals surface area contributed by atoms with Crippen LogP contribution in [0.1, 0.15) is 32.4 Å². The van der Waals surface area contributed by atoms with Crippen molar-refractivity contribution in [2.45, 2.75) is 33.2 Å². The van der Waals surface area contributed by atoms with Gasteiger partial charge in [-0.2, -0.15) is 0 Å². The first-order valence-electron chi connectivity index (χ1n) is 8.16. The number of nitrogens with zero attached hydrogens (tertiary/aromatic N) is 1. The van der Waals surface area contributed by atoms with E-state index in [0.717, 1.165) is 12.1 Å². The van der Waals surface area contributed by atoms with Crippen molar-refractivity contribution >= 4 is 0 Å². The van der Waals surface area contributed by atoms with E-state index in [4.69, 9.17) is 0 Å². The van der Waals surface area contributed by atoms with Crippen LogP contribution in [-0.2, 0) is 6.54 Å². The van der Waals surface area contributed by atoms with Crippen LogP contribution < -0.4 is 0 Å². The summed E-state index contributed by atoms with van der Waals surface area (Å²) >= 11 is 0. The smallest absolute Gasteiger partial charge is 0.123 e. The molecule has 23 heavy (non-hydrogen) atoms. The van der Waals surface area contributed by atoms with E-state index in [1.807, 2.05) is 18.2 Å². The van der Waals surface area contributed by atoms with E-state index in [1.165, 1.54) is 34.6 Å². The first-order valence-corrected chi connectivity index (χ1v) is 8.16. The maximum absolute atomic E-state index is 13.3. The van der Waals surface area contributed by atoms with E-state index in [-0.39, 0.29) is 5.82 Å². The second-order valence-corrected chi connectivity index (χ2v) is 6.10. The number of halogens is 1. The fourth-order valence-corrected chi connectivity index (χ4v) is 3.14. The van der Waals surface area contributed by atoms with Gasteiger partial charge in [0.1, 0.15) is 5.82 Å². The van der Waals surface area contributed by atoms with Crippen LogP contribution >= 0.6 is 0 Å². The van der Waals surface area contributed by atoms with Gasteiger partial charge in [0, 0.05) is 17.8 Å². The van der Waals surface area contributed by atoms with Gasteiger partial charge in [-0.1, -0.05) is 56.3 Å². The summed E-state index contributed by atoms with van der Waals surface area (Å²) in [5.74, 6) is 0.237. The fraction of sp³-hybridized carbons (Fsp3) is 0.238. The van der Waals surface area contributed by atoms with E-state index >= 15 is 0 Å². The number of hydrogen-bond donors (Lipinski definition) is 0. The Kier molecular flexibility index (Phi) is 4.33. The molecule has 0 aliphatic heterocycles. The molecule has 118 valence electrons. The van der Waals surface area contributed by atoms with E-state index < -0.39 is 0 Å². The van der Waals surface area contributed by atoms with Gasteiger partial charge >= 0.3 is 0 Å². The van der Waals surface area contributed by atoms with Crippen molar-refractivity contribution in [1.82, 2.24) is 4.57 Å². The van der Waals surface area contributed by atoms with Crippen LogP contribution in [0.15, 0.2) is 60.7 Å². The van der Waals surface area contributed by atoms with E-state index in [9.17, 15) is 4.39 Å². The largest absolute Gasteiger partial charge is 0.344 e. The van der Waals surface area contributed by atoms with Crippen molar-refractivity contribution in [1.29, 1.82) is 0 Å². The SMILES string of the molecule is CCn1c(C(C)C)cc(-c2ccc(F)cc2)c1-c1ccccc1. The maximum Gasteiger partial charge on any atom is 0.123 e. The highest BCUT2D eigenvalue weighted by molar-refractivity contribution is 5.82. The summed E-state index contributed by atoms with van der Waals surface area (Å²) in [7, 11) is 0. The van der Waals surface area contributed by atoms with Crippen molar-refractivity contribution in [2.75, 3.05) is 0 Å². The van der Waals surface area contributed by atoms with Crippen LogP contribution in [0.3, 0.4) is 0 Å². The zero-order valence-corrected chi connectivity index (χ0v) is 13.9. The summed E-state index contributed by atoms with van der Waals surface area (Å²) in [5, 5.41) is 0. The van der Waals surface area contributed by atoms with Gasteiger partial charge in [-0.25, -0.2) is 4.39 Å². The van der Waals surface area contributed by atoms with Gasteiger partial charge in [-0.15, -0.1) is 0 Å². The predicted molar refractivity (Wildman–Crippen MR) is 95.0 cm³/mol. The van der Waals surface area contributed by atoms with Crippen LogP contribution in [0.5, 0.6) is 0 Å². The topological polar surface area (TPSA) is 4.93 Å². The summed E-state index contributed by atoms with van der Waals surface area (Å²) in [6.07, 6.45) is 0. The Morgan fingerprint density at radius 2 is 1.57 bits per heavy atom. The predicted octanol–water partition coefficient (Wildman–Crippen LogP) is 6.10. The van der Waals surface area contributed by atoms with Crippen molar-refractivity contribution in [2.24, 2.45) is 0 Å². The molecule has 0 unspecified atom stereocenters. The maximum atomic E-state index is 13.3.